The number of rotatable bonds is 8. The summed E-state index contributed by atoms with van der Waals surface area (Å²) in [5.41, 5.74) is 5.54. The minimum absolute atomic E-state index is 0.0102. The molecule has 0 aliphatic rings. The van der Waals surface area contributed by atoms with Crippen molar-refractivity contribution in [1.82, 2.24) is 0 Å². The summed E-state index contributed by atoms with van der Waals surface area (Å²) in [5, 5.41) is -0.0102. The van der Waals surface area contributed by atoms with E-state index in [1.54, 1.807) is 11.8 Å². The van der Waals surface area contributed by atoms with E-state index in [0.29, 0.717) is 19.1 Å². The van der Waals surface area contributed by atoms with Gasteiger partial charge in [-0.2, -0.15) is 0 Å². The number of thioether (sulfide) groups is 1. The first-order chi connectivity index (χ1) is 7.15. The molecular formula is C11H23NO2S. The molecule has 15 heavy (non-hydrogen) atoms. The first-order valence-corrected chi connectivity index (χ1v) is 6.68. The van der Waals surface area contributed by atoms with Crippen molar-refractivity contribution in [2.45, 2.75) is 38.9 Å². The lowest BCUT2D eigenvalue weighted by Gasteiger charge is -2.16. The van der Waals surface area contributed by atoms with Crippen LogP contribution >= 0.6 is 11.8 Å². The van der Waals surface area contributed by atoms with Gasteiger partial charge >= 0.3 is 5.97 Å². The predicted octanol–water partition coefficient (Wildman–Crippen LogP) is 2.05. The lowest BCUT2D eigenvalue weighted by atomic mass is 10.2. The minimum Gasteiger partial charge on any atom is -0.465 e. The number of hydrogen-bond acceptors (Lipinski definition) is 4. The van der Waals surface area contributed by atoms with E-state index in [9.17, 15) is 4.79 Å². The van der Waals surface area contributed by atoms with Crippen molar-refractivity contribution in [3.63, 3.8) is 0 Å². The van der Waals surface area contributed by atoms with Crippen LogP contribution in [0.15, 0.2) is 0 Å². The second-order valence-corrected chi connectivity index (χ2v) is 4.94. The van der Waals surface area contributed by atoms with Crippen LogP contribution in [0.5, 0.6) is 0 Å². The smallest absolute Gasteiger partial charge is 0.319 e. The van der Waals surface area contributed by atoms with Crippen molar-refractivity contribution >= 4 is 17.7 Å². The van der Waals surface area contributed by atoms with Gasteiger partial charge in [0, 0.05) is 0 Å². The van der Waals surface area contributed by atoms with Crippen LogP contribution in [0, 0.1) is 5.92 Å². The van der Waals surface area contributed by atoms with Crippen molar-refractivity contribution in [1.29, 1.82) is 0 Å². The largest absolute Gasteiger partial charge is 0.465 e. The Morgan fingerprint density at radius 1 is 1.47 bits per heavy atom. The molecule has 0 amide bonds. The summed E-state index contributed by atoms with van der Waals surface area (Å²) in [7, 11) is 0. The lowest BCUT2D eigenvalue weighted by Crippen LogP contribution is -2.23. The first kappa shape index (κ1) is 14.8. The van der Waals surface area contributed by atoms with Crippen LogP contribution in [0.2, 0.25) is 0 Å². The van der Waals surface area contributed by atoms with Crippen molar-refractivity contribution in [3.8, 4) is 0 Å². The van der Waals surface area contributed by atoms with Gasteiger partial charge in [-0.3, -0.25) is 4.79 Å². The van der Waals surface area contributed by atoms with Crippen LogP contribution in [0.1, 0.15) is 33.6 Å². The van der Waals surface area contributed by atoms with Gasteiger partial charge in [0.2, 0.25) is 0 Å². The van der Waals surface area contributed by atoms with Crippen molar-refractivity contribution in [2.24, 2.45) is 11.7 Å². The Balaban J connectivity index is 3.97. The fraction of sp³-hybridized carbons (Fsp3) is 0.909. The molecule has 4 heteroatoms. The Morgan fingerprint density at radius 3 is 2.60 bits per heavy atom. The maximum Gasteiger partial charge on any atom is 0.319 e. The number of esters is 1. The molecule has 0 aromatic heterocycles. The first-order valence-electron chi connectivity index (χ1n) is 5.63. The van der Waals surface area contributed by atoms with Gasteiger partial charge in [0.25, 0.3) is 0 Å². The third kappa shape index (κ3) is 6.79. The molecule has 2 atom stereocenters. The highest BCUT2D eigenvalue weighted by molar-refractivity contribution is 8.00. The molecular weight excluding hydrogens is 210 g/mol. The van der Waals surface area contributed by atoms with E-state index in [0.717, 1.165) is 18.6 Å². The molecule has 0 fully saturated rings. The normalized spacial score (nSPS) is 14.7. The zero-order valence-electron chi connectivity index (χ0n) is 9.99. The van der Waals surface area contributed by atoms with Crippen LogP contribution in [0.4, 0.5) is 0 Å². The average Bonchev–Trinajstić information content (AvgIpc) is 2.23. The standard InChI is InChI=1S/C11H23NO2S/c1-4-6-10(11(13)14-5-2)15-8-9(3)7-12/h9-10H,4-8,12H2,1-3H3. The van der Waals surface area contributed by atoms with Crippen molar-refractivity contribution in [3.05, 3.63) is 0 Å². The Bertz CT molecular complexity index is 176. The molecule has 0 spiro atoms. The Hall–Kier alpha value is -0.220. The molecule has 3 nitrogen and oxygen atoms in total. The molecule has 0 aromatic carbocycles. The minimum atomic E-state index is -0.0754. The second kappa shape index (κ2) is 9.04. The quantitative estimate of drug-likeness (QED) is 0.652. The number of ether oxygens (including phenoxy) is 1. The molecule has 0 saturated heterocycles. The molecule has 0 heterocycles. The van der Waals surface area contributed by atoms with Gasteiger partial charge in [-0.05, 0) is 31.6 Å². The lowest BCUT2D eigenvalue weighted by molar-refractivity contribution is -0.142. The molecule has 90 valence electrons. The van der Waals surface area contributed by atoms with Gasteiger partial charge < -0.3 is 10.5 Å². The number of hydrogen-bond donors (Lipinski definition) is 1. The van der Waals surface area contributed by atoms with Gasteiger partial charge in [0.1, 0.15) is 5.25 Å². The maximum atomic E-state index is 11.6. The molecule has 0 aliphatic heterocycles. The van der Waals surface area contributed by atoms with Crippen LogP contribution in [-0.4, -0.2) is 30.1 Å². The monoisotopic (exact) mass is 233 g/mol. The van der Waals surface area contributed by atoms with Gasteiger partial charge in [0.05, 0.1) is 6.61 Å². The average molecular weight is 233 g/mol. The number of nitrogens with two attached hydrogens (primary N) is 1. The summed E-state index contributed by atoms with van der Waals surface area (Å²) in [4.78, 5) is 11.6. The van der Waals surface area contributed by atoms with E-state index in [4.69, 9.17) is 10.5 Å². The highest BCUT2D eigenvalue weighted by Crippen LogP contribution is 2.20. The molecule has 0 aromatic rings. The van der Waals surface area contributed by atoms with Crippen LogP contribution in [0.3, 0.4) is 0 Å². The highest BCUT2D eigenvalue weighted by atomic mass is 32.2. The second-order valence-electron chi connectivity index (χ2n) is 3.70. The van der Waals surface area contributed by atoms with Gasteiger partial charge in [-0.15, -0.1) is 11.8 Å². The highest BCUT2D eigenvalue weighted by Gasteiger charge is 2.19. The SMILES string of the molecule is CCCC(SCC(C)CN)C(=O)OCC. The summed E-state index contributed by atoms with van der Waals surface area (Å²) >= 11 is 1.67. The molecule has 0 bridgehead atoms. The van der Waals surface area contributed by atoms with E-state index >= 15 is 0 Å². The molecule has 2 N–H and O–H groups in total. The summed E-state index contributed by atoms with van der Waals surface area (Å²) in [6, 6.07) is 0. The summed E-state index contributed by atoms with van der Waals surface area (Å²) in [5.74, 6) is 1.32. The fourth-order valence-electron chi connectivity index (χ4n) is 1.12. The summed E-state index contributed by atoms with van der Waals surface area (Å²) < 4.78 is 5.03. The molecule has 0 rings (SSSR count). The molecule has 0 saturated carbocycles. The van der Waals surface area contributed by atoms with E-state index in [2.05, 4.69) is 13.8 Å². The van der Waals surface area contributed by atoms with E-state index in [1.807, 2.05) is 6.92 Å². The van der Waals surface area contributed by atoms with Crippen molar-refractivity contribution < 1.29 is 9.53 Å². The zero-order chi connectivity index (χ0) is 11.7. The third-order valence-corrected chi connectivity index (χ3v) is 3.68. The molecule has 2 unspecified atom stereocenters. The van der Waals surface area contributed by atoms with E-state index in [1.165, 1.54) is 0 Å². The van der Waals surface area contributed by atoms with Crippen molar-refractivity contribution in [2.75, 3.05) is 18.9 Å². The Kier molecular flexibility index (Phi) is 8.91. The summed E-state index contributed by atoms with van der Waals surface area (Å²) in [6.45, 7) is 7.16. The molecule has 0 radical (unpaired) electrons. The molecule has 0 aliphatic carbocycles. The van der Waals surface area contributed by atoms with Gasteiger partial charge in [-0.1, -0.05) is 20.3 Å². The van der Waals surface area contributed by atoms with Gasteiger partial charge in [0.15, 0.2) is 0 Å². The van der Waals surface area contributed by atoms with Crippen LogP contribution in [0.25, 0.3) is 0 Å². The van der Waals surface area contributed by atoms with E-state index < -0.39 is 0 Å². The Morgan fingerprint density at radius 2 is 2.13 bits per heavy atom. The topological polar surface area (TPSA) is 52.3 Å². The number of carbonyl (C=O) groups is 1. The summed E-state index contributed by atoms with van der Waals surface area (Å²) in [6.07, 6.45) is 1.90. The van der Waals surface area contributed by atoms with Crippen LogP contribution in [-0.2, 0) is 9.53 Å². The van der Waals surface area contributed by atoms with Crippen LogP contribution < -0.4 is 5.73 Å². The Labute approximate surface area is 97.1 Å². The third-order valence-electron chi connectivity index (χ3n) is 2.08. The van der Waals surface area contributed by atoms with Gasteiger partial charge in [-0.25, -0.2) is 0 Å². The number of carbonyl (C=O) groups excluding carboxylic acids is 1. The zero-order valence-corrected chi connectivity index (χ0v) is 10.8. The fourth-order valence-corrected chi connectivity index (χ4v) is 2.42. The maximum absolute atomic E-state index is 11.6. The van der Waals surface area contributed by atoms with E-state index in [-0.39, 0.29) is 11.2 Å². The predicted molar refractivity (Wildman–Crippen MR) is 66.0 cm³/mol.